The lowest BCUT2D eigenvalue weighted by atomic mass is 10.1. The summed E-state index contributed by atoms with van der Waals surface area (Å²) < 4.78 is 12.3. The molecule has 0 unspecified atom stereocenters. The molecule has 0 aliphatic rings. The number of hydrogen-bond donors (Lipinski definition) is 1. The van der Waals surface area contributed by atoms with Gasteiger partial charge in [0.15, 0.2) is 0 Å². The van der Waals surface area contributed by atoms with Gasteiger partial charge in [0.05, 0.1) is 11.3 Å². The van der Waals surface area contributed by atoms with Crippen molar-refractivity contribution >= 4 is 23.7 Å². The highest BCUT2D eigenvalue weighted by Gasteiger charge is 2.30. The maximum Gasteiger partial charge on any atom is 0.419 e. The number of carbonyl (C=O) groups excluding carboxylic acids is 2. The van der Waals surface area contributed by atoms with Crippen LogP contribution in [-0.2, 0) is 14.3 Å². The molecule has 1 N–H and O–H groups in total. The summed E-state index contributed by atoms with van der Waals surface area (Å²) in [5.41, 5.74) is -0.287. The van der Waals surface area contributed by atoms with E-state index in [0.717, 1.165) is 10.5 Å². The van der Waals surface area contributed by atoms with Gasteiger partial charge in [-0.3, -0.25) is 4.57 Å². The molecule has 0 saturated carbocycles. The Morgan fingerprint density at radius 3 is 2.17 bits per heavy atom. The number of amides is 2. The fourth-order valence-corrected chi connectivity index (χ4v) is 2.94. The van der Waals surface area contributed by atoms with Crippen LogP contribution in [0.5, 0.6) is 0 Å². The van der Waals surface area contributed by atoms with Crippen LogP contribution >= 0.6 is 0 Å². The van der Waals surface area contributed by atoms with Gasteiger partial charge < -0.3 is 14.6 Å². The molecular formula is C25H34N4O6. The average molecular weight is 487 g/mol. The lowest BCUT2D eigenvalue weighted by molar-refractivity contribution is -0.130. The zero-order chi connectivity index (χ0) is 26.4. The van der Waals surface area contributed by atoms with E-state index in [4.69, 9.17) is 9.47 Å². The molecular weight excluding hydrogens is 452 g/mol. The molecule has 190 valence electrons. The van der Waals surface area contributed by atoms with E-state index in [1.54, 1.807) is 58.5 Å². The molecule has 0 fully saturated rings. The van der Waals surface area contributed by atoms with Crippen molar-refractivity contribution in [3.63, 3.8) is 0 Å². The Balaban J connectivity index is 2.14. The predicted octanol–water partition coefficient (Wildman–Crippen LogP) is 5.00. The number of pyridine rings is 1. The summed E-state index contributed by atoms with van der Waals surface area (Å²) in [7, 11) is 0. The number of allylic oxidation sites excluding steroid dienone is 1. The monoisotopic (exact) mass is 486 g/mol. The van der Waals surface area contributed by atoms with Crippen LogP contribution in [0.3, 0.4) is 0 Å². The van der Waals surface area contributed by atoms with Gasteiger partial charge >= 0.3 is 18.2 Å². The average Bonchev–Trinajstić information content (AvgIpc) is 3.17. The second-order valence-electron chi connectivity index (χ2n) is 10.0. The molecule has 0 aromatic carbocycles. The van der Waals surface area contributed by atoms with Crippen LogP contribution in [0.25, 0.3) is 11.4 Å². The van der Waals surface area contributed by atoms with Crippen LogP contribution in [0.4, 0.5) is 9.59 Å². The van der Waals surface area contributed by atoms with Gasteiger partial charge in [-0.25, -0.2) is 29.3 Å². The number of unbranched alkanes of at least 4 members (excludes halogenated alkanes) is 1. The normalized spacial score (nSPS) is 12.3. The Morgan fingerprint density at radius 2 is 1.66 bits per heavy atom. The largest absolute Gasteiger partial charge is 0.478 e. The van der Waals surface area contributed by atoms with Gasteiger partial charge in [-0.15, -0.1) is 0 Å². The number of rotatable bonds is 7. The Morgan fingerprint density at radius 1 is 1.06 bits per heavy atom. The summed E-state index contributed by atoms with van der Waals surface area (Å²) in [6.45, 7) is 12.1. The lowest BCUT2D eigenvalue weighted by Crippen LogP contribution is -2.44. The molecule has 0 aliphatic carbocycles. The van der Waals surface area contributed by atoms with E-state index < -0.39 is 29.4 Å². The van der Waals surface area contributed by atoms with Crippen molar-refractivity contribution in [1.29, 1.82) is 0 Å². The Kier molecular flexibility index (Phi) is 8.78. The van der Waals surface area contributed by atoms with Crippen LogP contribution < -0.4 is 0 Å². The van der Waals surface area contributed by atoms with Gasteiger partial charge in [0.2, 0.25) is 0 Å². The zero-order valence-corrected chi connectivity index (χ0v) is 21.4. The predicted molar refractivity (Wildman–Crippen MR) is 130 cm³/mol. The van der Waals surface area contributed by atoms with E-state index >= 15 is 0 Å². The van der Waals surface area contributed by atoms with Gasteiger partial charge in [0.1, 0.15) is 23.3 Å². The number of aromatic nitrogens is 3. The summed E-state index contributed by atoms with van der Waals surface area (Å²) in [4.78, 5) is 46.4. The third kappa shape index (κ3) is 8.88. The Labute approximate surface area is 205 Å². The Bertz CT molecular complexity index is 1060. The van der Waals surface area contributed by atoms with Crippen molar-refractivity contribution in [2.45, 2.75) is 72.5 Å². The SMILES string of the molecule is Cc1ccnc(-n2cnc(/C(=C/CCCN(C(=O)OC(C)(C)C)C(=O)OC(C)(C)C)C(=O)O)c2)c1. The third-order valence-corrected chi connectivity index (χ3v) is 4.42. The van der Waals surface area contributed by atoms with Crippen molar-refractivity contribution in [2.75, 3.05) is 6.54 Å². The molecule has 0 saturated heterocycles. The number of nitrogens with zero attached hydrogens (tertiary/aromatic N) is 4. The first-order valence-electron chi connectivity index (χ1n) is 11.3. The number of hydrogen-bond acceptors (Lipinski definition) is 7. The highest BCUT2D eigenvalue weighted by Crippen LogP contribution is 2.18. The molecule has 0 aliphatic heterocycles. The smallest absolute Gasteiger partial charge is 0.419 e. The van der Waals surface area contributed by atoms with Crippen molar-refractivity contribution in [3.8, 4) is 5.82 Å². The summed E-state index contributed by atoms with van der Waals surface area (Å²) in [5, 5.41) is 9.70. The van der Waals surface area contributed by atoms with Crippen molar-refractivity contribution in [3.05, 3.63) is 48.2 Å². The number of carboxylic acids is 1. The zero-order valence-electron chi connectivity index (χ0n) is 21.4. The summed E-state index contributed by atoms with van der Waals surface area (Å²) in [6, 6.07) is 3.72. The second kappa shape index (κ2) is 11.2. The topological polar surface area (TPSA) is 124 Å². The second-order valence-corrected chi connectivity index (χ2v) is 10.0. The van der Waals surface area contributed by atoms with Crippen LogP contribution in [0.15, 0.2) is 36.9 Å². The molecule has 2 rings (SSSR count). The number of aliphatic carboxylic acids is 1. The molecule has 2 aromatic rings. The van der Waals surface area contributed by atoms with Gasteiger partial charge in [-0.05, 0) is 79.0 Å². The summed E-state index contributed by atoms with van der Waals surface area (Å²) >= 11 is 0. The third-order valence-electron chi connectivity index (χ3n) is 4.42. The minimum atomic E-state index is -1.14. The van der Waals surface area contributed by atoms with Crippen molar-refractivity contribution < 1.29 is 29.0 Å². The quantitative estimate of drug-likeness (QED) is 0.428. The van der Waals surface area contributed by atoms with Crippen molar-refractivity contribution in [1.82, 2.24) is 19.4 Å². The van der Waals surface area contributed by atoms with Crippen molar-refractivity contribution in [2.24, 2.45) is 0 Å². The van der Waals surface area contributed by atoms with E-state index in [1.165, 1.54) is 12.4 Å². The maximum atomic E-state index is 12.6. The minimum absolute atomic E-state index is 0.00508. The van der Waals surface area contributed by atoms with Crippen LogP contribution in [0.1, 0.15) is 65.6 Å². The van der Waals surface area contributed by atoms with Gasteiger partial charge in [-0.2, -0.15) is 0 Å². The van der Waals surface area contributed by atoms with Gasteiger partial charge in [-0.1, -0.05) is 6.08 Å². The molecule has 0 atom stereocenters. The van der Waals surface area contributed by atoms with Crippen LogP contribution in [0, 0.1) is 6.92 Å². The maximum absolute atomic E-state index is 12.6. The highest BCUT2D eigenvalue weighted by atomic mass is 16.6. The first-order valence-corrected chi connectivity index (χ1v) is 11.3. The fraction of sp³-hybridized carbons (Fsp3) is 0.480. The highest BCUT2D eigenvalue weighted by molar-refractivity contribution is 6.14. The van der Waals surface area contributed by atoms with Crippen LogP contribution in [-0.4, -0.2) is 60.4 Å². The number of carbonyl (C=O) groups is 3. The number of carboxylic acid groups (broad SMARTS) is 1. The fourth-order valence-electron chi connectivity index (χ4n) is 2.94. The molecule has 0 radical (unpaired) electrons. The number of aryl methyl sites for hydroxylation is 1. The summed E-state index contributed by atoms with van der Waals surface area (Å²) in [5.74, 6) is -0.512. The van der Waals surface area contributed by atoms with Gasteiger partial charge in [0.25, 0.3) is 0 Å². The first-order chi connectivity index (χ1) is 16.2. The molecule has 10 heteroatoms. The van der Waals surface area contributed by atoms with Crippen LogP contribution in [0.2, 0.25) is 0 Å². The number of ether oxygens (including phenoxy) is 2. The standard InChI is InChI=1S/C25H34N4O6/c1-17-11-12-26-20(14-17)28-15-19(27-16-28)18(21(30)31)10-8-9-13-29(22(32)34-24(2,3)4)23(33)35-25(5,6)7/h10-12,14-16H,8-9,13H2,1-7H3,(H,30,31)/b18-10-. The molecule has 2 heterocycles. The lowest BCUT2D eigenvalue weighted by Gasteiger charge is -2.28. The number of imide groups is 1. The van der Waals surface area contributed by atoms with E-state index in [1.807, 2.05) is 19.1 Å². The molecule has 2 amide bonds. The molecule has 0 bridgehead atoms. The minimum Gasteiger partial charge on any atom is -0.478 e. The van der Waals surface area contributed by atoms with E-state index in [0.29, 0.717) is 12.2 Å². The number of imidazole rings is 1. The van der Waals surface area contributed by atoms with E-state index in [9.17, 15) is 19.5 Å². The Hall–Kier alpha value is -3.69. The molecule has 0 spiro atoms. The summed E-state index contributed by atoms with van der Waals surface area (Å²) in [6.07, 6.45) is 5.21. The molecule has 2 aromatic heterocycles. The molecule has 35 heavy (non-hydrogen) atoms. The van der Waals surface area contributed by atoms with E-state index in [2.05, 4.69) is 9.97 Å². The van der Waals surface area contributed by atoms with Gasteiger partial charge in [0, 0.05) is 18.9 Å². The van der Waals surface area contributed by atoms with E-state index in [-0.39, 0.29) is 24.2 Å². The first kappa shape index (κ1) is 27.6. The molecule has 10 nitrogen and oxygen atoms in total.